The lowest BCUT2D eigenvalue weighted by atomic mass is 10.4. The van der Waals surface area contributed by atoms with Crippen LogP contribution >= 0.6 is 0 Å². The Balaban J connectivity index is 3.44. The molecule has 1 unspecified atom stereocenters. The fourth-order valence-corrected chi connectivity index (χ4v) is 0.679. The summed E-state index contributed by atoms with van der Waals surface area (Å²) in [6.07, 6.45) is 1.45. The summed E-state index contributed by atoms with van der Waals surface area (Å²) in [4.78, 5) is 6.06. The van der Waals surface area contributed by atoms with Gasteiger partial charge in [-0.25, -0.2) is 0 Å². The van der Waals surface area contributed by atoms with E-state index in [-0.39, 0.29) is 6.17 Å². The predicted octanol–water partition coefficient (Wildman–Crippen LogP) is 1.37. The van der Waals surface area contributed by atoms with Crippen molar-refractivity contribution < 1.29 is 0 Å². The van der Waals surface area contributed by atoms with Gasteiger partial charge in [-0.2, -0.15) is 0 Å². The number of hydrogen-bond donors (Lipinski definition) is 0. The van der Waals surface area contributed by atoms with Crippen molar-refractivity contribution in [1.82, 2.24) is 4.90 Å². The normalized spacial score (nSPS) is 13.8. The van der Waals surface area contributed by atoms with Gasteiger partial charge in [-0.05, 0) is 33.7 Å². The maximum Gasteiger partial charge on any atom is 0.0980 e. The fraction of sp³-hybridized carbons (Fsp3) is 0.857. The Kier molecular flexibility index (Phi) is 4.32. The van der Waals surface area contributed by atoms with Crippen LogP contribution in [0.2, 0.25) is 0 Å². The molecule has 54 valence electrons. The molecule has 0 aromatic heterocycles. The highest BCUT2D eigenvalue weighted by Crippen LogP contribution is 1.95. The van der Waals surface area contributed by atoms with Gasteiger partial charge in [0, 0.05) is 0 Å². The standard InChI is InChI=1S/C7H16N2/c1-5-6-9(4)7(2)8-3/h7H,3,5-6H2,1-2,4H3. The summed E-state index contributed by atoms with van der Waals surface area (Å²) in [5.74, 6) is 0. The molecular formula is C7H16N2. The van der Waals surface area contributed by atoms with E-state index in [1.807, 2.05) is 6.92 Å². The molecule has 0 radical (unpaired) electrons. The second-order valence-electron chi connectivity index (χ2n) is 2.30. The van der Waals surface area contributed by atoms with Gasteiger partial charge in [0.1, 0.15) is 0 Å². The van der Waals surface area contributed by atoms with Crippen LogP contribution in [0.1, 0.15) is 20.3 Å². The molecule has 0 aliphatic heterocycles. The highest BCUT2D eigenvalue weighted by molar-refractivity contribution is 5.23. The Bertz CT molecular complexity index is 81.0. The van der Waals surface area contributed by atoms with Gasteiger partial charge in [-0.15, -0.1) is 0 Å². The molecule has 0 fully saturated rings. The van der Waals surface area contributed by atoms with Crippen LogP contribution in [0.5, 0.6) is 0 Å². The maximum absolute atomic E-state index is 3.88. The quantitative estimate of drug-likeness (QED) is 0.522. The molecule has 0 amide bonds. The second kappa shape index (κ2) is 4.50. The minimum Gasteiger partial charge on any atom is -0.285 e. The first kappa shape index (κ1) is 8.63. The van der Waals surface area contributed by atoms with Gasteiger partial charge in [0.2, 0.25) is 0 Å². The van der Waals surface area contributed by atoms with Gasteiger partial charge in [0.05, 0.1) is 6.17 Å². The lowest BCUT2D eigenvalue weighted by Crippen LogP contribution is -2.27. The highest BCUT2D eigenvalue weighted by Gasteiger charge is 2.01. The molecule has 0 aliphatic carbocycles. The predicted molar refractivity (Wildman–Crippen MR) is 41.9 cm³/mol. The average Bonchev–Trinajstić information content (AvgIpc) is 1.87. The van der Waals surface area contributed by atoms with Crippen molar-refractivity contribution in [1.29, 1.82) is 0 Å². The first-order valence-electron chi connectivity index (χ1n) is 3.38. The molecule has 0 rings (SSSR count). The zero-order chi connectivity index (χ0) is 7.28. The molecule has 0 saturated carbocycles. The van der Waals surface area contributed by atoms with E-state index in [1.165, 1.54) is 6.42 Å². The molecule has 9 heavy (non-hydrogen) atoms. The molecule has 0 aliphatic rings. The molecule has 0 heterocycles. The van der Waals surface area contributed by atoms with Gasteiger partial charge in [-0.3, -0.25) is 9.89 Å². The lowest BCUT2D eigenvalue weighted by molar-refractivity contribution is 0.267. The Hall–Kier alpha value is -0.370. The number of hydrogen-bond acceptors (Lipinski definition) is 2. The molecule has 2 heteroatoms. The molecule has 0 bridgehead atoms. The van der Waals surface area contributed by atoms with Gasteiger partial charge < -0.3 is 0 Å². The summed E-state index contributed by atoms with van der Waals surface area (Å²) in [6.45, 7) is 8.77. The number of rotatable bonds is 4. The first-order valence-corrected chi connectivity index (χ1v) is 3.38. The molecule has 0 saturated heterocycles. The molecule has 0 spiro atoms. The van der Waals surface area contributed by atoms with Gasteiger partial charge in [0.15, 0.2) is 0 Å². The van der Waals surface area contributed by atoms with E-state index in [0.29, 0.717) is 0 Å². The van der Waals surface area contributed by atoms with E-state index in [1.54, 1.807) is 0 Å². The third-order valence-corrected chi connectivity index (χ3v) is 1.48. The van der Waals surface area contributed by atoms with Crippen molar-refractivity contribution >= 4 is 6.72 Å². The van der Waals surface area contributed by atoms with E-state index in [2.05, 4.69) is 30.6 Å². The smallest absolute Gasteiger partial charge is 0.0980 e. The van der Waals surface area contributed by atoms with Crippen LogP contribution in [0.4, 0.5) is 0 Å². The van der Waals surface area contributed by atoms with Crippen LogP contribution in [0.15, 0.2) is 4.99 Å². The van der Waals surface area contributed by atoms with Crippen molar-refractivity contribution in [3.05, 3.63) is 0 Å². The molecule has 1 atom stereocenters. The summed E-state index contributed by atoms with van der Waals surface area (Å²) in [7, 11) is 2.06. The summed E-state index contributed by atoms with van der Waals surface area (Å²) in [6, 6.07) is 0. The lowest BCUT2D eigenvalue weighted by Gasteiger charge is -2.19. The second-order valence-corrected chi connectivity index (χ2v) is 2.30. The largest absolute Gasteiger partial charge is 0.285 e. The average molecular weight is 128 g/mol. The van der Waals surface area contributed by atoms with Crippen LogP contribution in [0.25, 0.3) is 0 Å². The van der Waals surface area contributed by atoms with Crippen molar-refractivity contribution in [3.8, 4) is 0 Å². The Morgan fingerprint density at radius 3 is 2.56 bits per heavy atom. The number of aliphatic imine (C=N–C) groups is 1. The summed E-state index contributed by atoms with van der Waals surface area (Å²) < 4.78 is 0. The zero-order valence-electron chi connectivity index (χ0n) is 6.59. The Labute approximate surface area is 57.6 Å². The third kappa shape index (κ3) is 3.25. The van der Waals surface area contributed by atoms with Crippen LogP contribution < -0.4 is 0 Å². The van der Waals surface area contributed by atoms with Crippen molar-refractivity contribution in [3.63, 3.8) is 0 Å². The molecule has 2 nitrogen and oxygen atoms in total. The fourth-order valence-electron chi connectivity index (χ4n) is 0.679. The van der Waals surface area contributed by atoms with Crippen LogP contribution in [0.3, 0.4) is 0 Å². The SMILES string of the molecule is C=NC(C)N(C)CCC. The third-order valence-electron chi connectivity index (χ3n) is 1.48. The Morgan fingerprint density at radius 1 is 1.67 bits per heavy atom. The van der Waals surface area contributed by atoms with E-state index in [9.17, 15) is 0 Å². The van der Waals surface area contributed by atoms with Crippen molar-refractivity contribution in [2.75, 3.05) is 13.6 Å². The van der Waals surface area contributed by atoms with Gasteiger partial charge >= 0.3 is 0 Å². The monoisotopic (exact) mass is 128 g/mol. The zero-order valence-corrected chi connectivity index (χ0v) is 6.59. The topological polar surface area (TPSA) is 15.6 Å². The van der Waals surface area contributed by atoms with E-state index in [0.717, 1.165) is 6.54 Å². The molecular weight excluding hydrogens is 112 g/mol. The summed E-state index contributed by atoms with van der Waals surface area (Å²) in [5, 5.41) is 0. The Morgan fingerprint density at radius 2 is 2.22 bits per heavy atom. The summed E-state index contributed by atoms with van der Waals surface area (Å²) >= 11 is 0. The van der Waals surface area contributed by atoms with Crippen molar-refractivity contribution in [2.24, 2.45) is 4.99 Å². The van der Waals surface area contributed by atoms with Crippen molar-refractivity contribution in [2.45, 2.75) is 26.4 Å². The van der Waals surface area contributed by atoms with Crippen LogP contribution in [-0.4, -0.2) is 31.4 Å². The van der Waals surface area contributed by atoms with Gasteiger partial charge in [-0.1, -0.05) is 6.92 Å². The van der Waals surface area contributed by atoms with Crippen LogP contribution in [0, 0.1) is 0 Å². The van der Waals surface area contributed by atoms with E-state index < -0.39 is 0 Å². The highest BCUT2D eigenvalue weighted by atomic mass is 15.2. The molecule has 0 aromatic rings. The first-order chi connectivity index (χ1) is 4.22. The van der Waals surface area contributed by atoms with E-state index in [4.69, 9.17) is 0 Å². The van der Waals surface area contributed by atoms with Gasteiger partial charge in [0.25, 0.3) is 0 Å². The number of nitrogens with zero attached hydrogens (tertiary/aromatic N) is 2. The minimum absolute atomic E-state index is 0.268. The molecule has 0 aromatic carbocycles. The van der Waals surface area contributed by atoms with Crippen LogP contribution in [-0.2, 0) is 0 Å². The molecule has 0 N–H and O–H groups in total. The summed E-state index contributed by atoms with van der Waals surface area (Å²) in [5.41, 5.74) is 0. The maximum atomic E-state index is 3.88. The minimum atomic E-state index is 0.268. The van der Waals surface area contributed by atoms with E-state index >= 15 is 0 Å².